The number of halogens is 1. The molecule has 2 heterocycles. The minimum Gasteiger partial charge on any atom is -0.338 e. The Morgan fingerprint density at radius 3 is 2.69 bits per heavy atom. The van der Waals surface area contributed by atoms with E-state index in [9.17, 15) is 9.59 Å². The highest BCUT2D eigenvalue weighted by atomic mass is 35.5. The van der Waals surface area contributed by atoms with E-state index in [1.165, 1.54) is 6.08 Å². The molecule has 2 aromatic rings. The van der Waals surface area contributed by atoms with Crippen molar-refractivity contribution in [3.8, 4) is 0 Å². The van der Waals surface area contributed by atoms with E-state index in [0.717, 1.165) is 6.42 Å². The van der Waals surface area contributed by atoms with Crippen molar-refractivity contribution in [3.05, 3.63) is 65.7 Å². The van der Waals surface area contributed by atoms with Crippen LogP contribution in [0, 0.1) is 5.92 Å². The SMILES string of the molecule is [2H]c1nc(C[C@@H]2CCN(C(=O)c3ccc(NC(=O)C=C)cc3)C2)nc([2H])c1Cl. The number of hydrogen-bond donors (Lipinski definition) is 1. The molecule has 26 heavy (non-hydrogen) atoms. The van der Waals surface area contributed by atoms with Gasteiger partial charge in [0.1, 0.15) is 5.82 Å². The molecule has 0 aliphatic carbocycles. The van der Waals surface area contributed by atoms with Gasteiger partial charge in [0.2, 0.25) is 5.91 Å². The molecule has 1 saturated heterocycles. The number of rotatable bonds is 5. The van der Waals surface area contributed by atoms with Crippen molar-refractivity contribution < 1.29 is 12.3 Å². The number of amides is 2. The zero-order valence-electron chi connectivity index (χ0n) is 16.0. The molecule has 1 N–H and O–H groups in total. The molecule has 6 nitrogen and oxygen atoms in total. The molecule has 2 amide bonds. The van der Waals surface area contributed by atoms with E-state index >= 15 is 0 Å². The third kappa shape index (κ3) is 4.46. The molecule has 1 aromatic carbocycles. The third-order valence-electron chi connectivity index (χ3n) is 4.20. The Hall–Kier alpha value is -2.73. The number of nitrogens with zero attached hydrogens (tertiary/aromatic N) is 3. The normalized spacial score (nSPS) is 17.4. The number of carbonyl (C=O) groups excluding carboxylic acids is 2. The summed E-state index contributed by atoms with van der Waals surface area (Å²) in [6.45, 7) is 4.57. The van der Waals surface area contributed by atoms with Gasteiger partial charge >= 0.3 is 0 Å². The second-order valence-corrected chi connectivity index (χ2v) is 6.44. The molecule has 0 saturated carbocycles. The lowest BCUT2D eigenvalue weighted by atomic mass is 10.0. The largest absolute Gasteiger partial charge is 0.338 e. The molecule has 0 bridgehead atoms. The number of anilines is 1. The minimum atomic E-state index is -0.308. The molecule has 1 fully saturated rings. The number of nitrogens with one attached hydrogen (secondary N) is 1. The molecule has 1 aromatic heterocycles. The Morgan fingerprint density at radius 1 is 1.35 bits per heavy atom. The summed E-state index contributed by atoms with van der Waals surface area (Å²) < 4.78 is 15.3. The first-order valence-corrected chi connectivity index (χ1v) is 8.57. The van der Waals surface area contributed by atoms with Gasteiger partial charge in [-0.3, -0.25) is 9.59 Å². The molecule has 3 rings (SSSR count). The van der Waals surface area contributed by atoms with Crippen LogP contribution in [-0.2, 0) is 11.2 Å². The summed E-state index contributed by atoms with van der Waals surface area (Å²) in [5.74, 6) is 0.178. The van der Waals surface area contributed by atoms with Crippen molar-refractivity contribution >= 4 is 29.1 Å². The summed E-state index contributed by atoms with van der Waals surface area (Å²) in [5, 5.41) is 2.58. The predicted octanol–water partition coefficient (Wildman–Crippen LogP) is 2.96. The van der Waals surface area contributed by atoms with E-state index in [1.807, 2.05) is 0 Å². The van der Waals surface area contributed by atoms with Crippen LogP contribution in [-0.4, -0.2) is 39.8 Å². The standard InChI is InChI=1S/C19H19ClN4O2/c1-2-18(25)23-16-5-3-14(4-6-16)19(26)24-8-7-13(12-24)9-17-21-10-15(20)11-22-17/h2-6,10-11,13H,1,7-9,12H2,(H,23,25)/t13-/m0/s1/i10D,11D. The molecule has 134 valence electrons. The number of benzene rings is 1. The zero-order valence-corrected chi connectivity index (χ0v) is 14.8. The zero-order chi connectivity index (χ0) is 20.3. The van der Waals surface area contributed by atoms with Gasteiger partial charge in [-0.1, -0.05) is 18.2 Å². The molecule has 0 radical (unpaired) electrons. The summed E-state index contributed by atoms with van der Waals surface area (Å²) in [5.41, 5.74) is 1.14. The van der Waals surface area contributed by atoms with Crippen LogP contribution < -0.4 is 5.32 Å². The van der Waals surface area contributed by atoms with Crippen LogP contribution in [0.3, 0.4) is 0 Å². The average molecular weight is 373 g/mol. The lowest BCUT2D eigenvalue weighted by Gasteiger charge is -2.17. The van der Waals surface area contributed by atoms with E-state index in [4.69, 9.17) is 14.3 Å². The molecule has 0 unspecified atom stereocenters. The average Bonchev–Trinajstić information content (AvgIpc) is 3.14. The van der Waals surface area contributed by atoms with Crippen LogP contribution >= 0.6 is 11.6 Å². The van der Waals surface area contributed by atoms with E-state index in [1.54, 1.807) is 29.2 Å². The van der Waals surface area contributed by atoms with E-state index in [0.29, 0.717) is 36.6 Å². The van der Waals surface area contributed by atoms with Crippen LogP contribution in [0.4, 0.5) is 5.69 Å². The van der Waals surface area contributed by atoms with Crippen LogP contribution in [0.2, 0.25) is 5.02 Å². The first kappa shape index (κ1) is 15.5. The highest BCUT2D eigenvalue weighted by Gasteiger charge is 2.27. The van der Waals surface area contributed by atoms with Gasteiger partial charge in [-0.15, -0.1) is 0 Å². The van der Waals surface area contributed by atoms with Gasteiger partial charge in [0.25, 0.3) is 5.91 Å². The fourth-order valence-electron chi connectivity index (χ4n) is 2.88. The van der Waals surface area contributed by atoms with E-state index < -0.39 is 0 Å². The maximum absolute atomic E-state index is 12.7. The second-order valence-electron chi connectivity index (χ2n) is 6.06. The Labute approximate surface area is 159 Å². The van der Waals surface area contributed by atoms with Crippen LogP contribution in [0.25, 0.3) is 0 Å². The Morgan fingerprint density at radius 2 is 2.04 bits per heavy atom. The Kier molecular flexibility index (Phi) is 4.83. The van der Waals surface area contributed by atoms with Crippen molar-refractivity contribution in [2.75, 3.05) is 18.4 Å². The fraction of sp³-hybridized carbons (Fsp3) is 0.263. The maximum atomic E-state index is 12.7. The topological polar surface area (TPSA) is 75.2 Å². The molecular formula is C19H19ClN4O2. The van der Waals surface area contributed by atoms with Gasteiger partial charge in [0.05, 0.1) is 7.76 Å². The minimum absolute atomic E-state index is 0.0558. The molecule has 1 atom stereocenters. The van der Waals surface area contributed by atoms with Gasteiger partial charge in [-0.25, -0.2) is 9.97 Å². The molecular weight excluding hydrogens is 352 g/mol. The summed E-state index contributed by atoms with van der Waals surface area (Å²) in [7, 11) is 0. The van der Waals surface area contributed by atoms with Crippen LogP contribution in [0.1, 0.15) is 25.3 Å². The summed E-state index contributed by atoms with van der Waals surface area (Å²) in [6.07, 6.45) is 2.18. The summed E-state index contributed by atoms with van der Waals surface area (Å²) in [6, 6.07) is 6.70. The molecule has 1 aliphatic rings. The van der Waals surface area contributed by atoms with Crippen molar-refractivity contribution in [3.63, 3.8) is 0 Å². The van der Waals surface area contributed by atoms with Crippen molar-refractivity contribution in [2.24, 2.45) is 5.92 Å². The number of carbonyl (C=O) groups is 2. The first-order valence-electron chi connectivity index (χ1n) is 9.19. The molecule has 1 aliphatic heterocycles. The fourth-order valence-corrected chi connectivity index (χ4v) is 2.97. The van der Waals surface area contributed by atoms with Crippen molar-refractivity contribution in [1.29, 1.82) is 0 Å². The van der Waals surface area contributed by atoms with Crippen molar-refractivity contribution in [1.82, 2.24) is 14.9 Å². The van der Waals surface area contributed by atoms with Gasteiger partial charge in [0.15, 0.2) is 0 Å². The Balaban J connectivity index is 1.61. The lowest BCUT2D eigenvalue weighted by Crippen LogP contribution is -2.29. The Bertz CT molecular complexity index is 898. The number of hydrogen-bond acceptors (Lipinski definition) is 4. The van der Waals surface area contributed by atoms with Crippen LogP contribution in [0.15, 0.2) is 49.3 Å². The summed E-state index contributed by atoms with van der Waals surface area (Å²) >= 11 is 5.77. The monoisotopic (exact) mass is 372 g/mol. The highest BCUT2D eigenvalue weighted by Crippen LogP contribution is 2.22. The lowest BCUT2D eigenvalue weighted by molar-refractivity contribution is -0.111. The van der Waals surface area contributed by atoms with E-state index in [2.05, 4.69) is 21.9 Å². The number of aromatic nitrogens is 2. The first-order chi connectivity index (χ1) is 13.4. The highest BCUT2D eigenvalue weighted by molar-refractivity contribution is 6.30. The van der Waals surface area contributed by atoms with Crippen LogP contribution in [0.5, 0.6) is 0 Å². The van der Waals surface area contributed by atoms with Gasteiger partial charge in [0, 0.05) is 43.1 Å². The molecule has 7 heteroatoms. The molecule has 0 spiro atoms. The maximum Gasteiger partial charge on any atom is 0.253 e. The van der Waals surface area contributed by atoms with Crippen molar-refractivity contribution in [2.45, 2.75) is 12.8 Å². The van der Waals surface area contributed by atoms with E-state index in [-0.39, 0.29) is 35.1 Å². The number of likely N-dealkylation sites (tertiary alicyclic amines) is 1. The second kappa shape index (κ2) is 8.10. The smallest absolute Gasteiger partial charge is 0.253 e. The van der Waals surface area contributed by atoms with Gasteiger partial charge in [-0.2, -0.15) is 0 Å². The summed E-state index contributed by atoms with van der Waals surface area (Å²) in [4.78, 5) is 33.8. The third-order valence-corrected chi connectivity index (χ3v) is 4.36. The van der Waals surface area contributed by atoms with Gasteiger partial charge < -0.3 is 10.2 Å². The van der Waals surface area contributed by atoms with Gasteiger partial charge in [-0.05, 0) is 42.7 Å². The quantitative estimate of drug-likeness (QED) is 0.819. The predicted molar refractivity (Wildman–Crippen MR) is 100 cm³/mol.